The van der Waals surface area contributed by atoms with Gasteiger partial charge in [-0.15, -0.1) is 18.4 Å². The molecule has 0 aromatic heterocycles. The van der Waals surface area contributed by atoms with E-state index >= 15 is 0 Å². The van der Waals surface area contributed by atoms with Gasteiger partial charge in [0.2, 0.25) is 0 Å². The van der Waals surface area contributed by atoms with E-state index in [4.69, 9.17) is 0 Å². The molecule has 1 heterocycles. The molecule has 1 nitrogen and oxygen atoms in total. The van der Waals surface area contributed by atoms with Crippen LogP contribution in [-0.2, 0) is 19.8 Å². The Morgan fingerprint density at radius 3 is 2.88 bits per heavy atom. The SMILES string of the molecule is [C-]1=CC=CC=CN1.[Os+]. The molecule has 0 saturated carbocycles. The maximum absolute atomic E-state index is 2.80. The van der Waals surface area contributed by atoms with Crippen molar-refractivity contribution in [2.45, 2.75) is 0 Å². The van der Waals surface area contributed by atoms with Gasteiger partial charge in [0.15, 0.2) is 0 Å². The molecule has 0 bridgehead atoms. The number of allylic oxidation sites excluding steroid dienone is 4. The van der Waals surface area contributed by atoms with E-state index in [9.17, 15) is 0 Å². The van der Waals surface area contributed by atoms with Crippen molar-refractivity contribution >= 4 is 0 Å². The first-order valence-electron chi connectivity index (χ1n) is 2.16. The fourth-order valence-corrected chi connectivity index (χ4v) is 0.368. The Morgan fingerprint density at radius 1 is 1.12 bits per heavy atom. The fraction of sp³-hybridized carbons (Fsp3) is 0. The molecule has 1 N–H and O–H groups in total. The van der Waals surface area contributed by atoms with Crippen molar-refractivity contribution in [1.82, 2.24) is 5.32 Å². The average molecular weight is 282 g/mol. The van der Waals surface area contributed by atoms with Gasteiger partial charge in [0.05, 0.1) is 0 Å². The molecule has 1 radical (unpaired) electrons. The molecule has 0 fully saturated rings. The van der Waals surface area contributed by atoms with Gasteiger partial charge in [0.1, 0.15) is 0 Å². The van der Waals surface area contributed by atoms with Gasteiger partial charge in [-0.3, -0.25) is 0 Å². The van der Waals surface area contributed by atoms with Gasteiger partial charge in [-0.05, 0) is 0 Å². The molecular weight excluding hydrogens is 276 g/mol. The minimum atomic E-state index is 0. The summed E-state index contributed by atoms with van der Waals surface area (Å²) >= 11 is 0. The van der Waals surface area contributed by atoms with Crippen LogP contribution in [0.2, 0.25) is 0 Å². The summed E-state index contributed by atoms with van der Waals surface area (Å²) in [7, 11) is 0. The third-order valence-electron chi connectivity index (χ3n) is 0.665. The molecule has 1 rings (SSSR count). The van der Waals surface area contributed by atoms with Gasteiger partial charge in [-0.1, -0.05) is 6.20 Å². The summed E-state index contributed by atoms with van der Waals surface area (Å²) in [5.74, 6) is 0. The molecule has 2 heteroatoms. The van der Waals surface area contributed by atoms with Crippen LogP contribution in [0.1, 0.15) is 0 Å². The van der Waals surface area contributed by atoms with Crippen molar-refractivity contribution in [1.29, 1.82) is 0 Å². The van der Waals surface area contributed by atoms with E-state index in [0.717, 1.165) is 0 Å². The van der Waals surface area contributed by atoms with Gasteiger partial charge in [-0.25, -0.2) is 0 Å². The molecule has 0 saturated heterocycles. The Morgan fingerprint density at radius 2 is 2.00 bits per heavy atom. The smallest absolute Gasteiger partial charge is 0.474 e. The van der Waals surface area contributed by atoms with Gasteiger partial charge < -0.3 is 5.32 Å². The molecule has 43 valence electrons. The van der Waals surface area contributed by atoms with Crippen LogP contribution in [0.3, 0.4) is 0 Å². The predicted molar refractivity (Wildman–Crippen MR) is 29.2 cm³/mol. The van der Waals surface area contributed by atoms with Crippen LogP contribution in [-0.4, -0.2) is 0 Å². The number of nitrogens with one attached hydrogen (secondary N) is 1. The Balaban J connectivity index is 0.000000490. The summed E-state index contributed by atoms with van der Waals surface area (Å²) in [4.78, 5) is 0. The molecular formula is C6H6NOs. The average Bonchev–Trinajstić information content (AvgIpc) is 1.90. The van der Waals surface area contributed by atoms with E-state index in [2.05, 4.69) is 11.5 Å². The second-order valence-electron chi connectivity index (χ2n) is 1.20. The third kappa shape index (κ3) is 2.77. The largest absolute Gasteiger partial charge is 1.00 e. The Bertz CT molecular complexity index is 110. The van der Waals surface area contributed by atoms with E-state index in [-0.39, 0.29) is 19.8 Å². The van der Waals surface area contributed by atoms with E-state index in [1.165, 1.54) is 0 Å². The summed E-state index contributed by atoms with van der Waals surface area (Å²) in [5.41, 5.74) is 0. The Labute approximate surface area is 62.2 Å². The fourth-order valence-electron chi connectivity index (χ4n) is 0.368. The second kappa shape index (κ2) is 4.81. The van der Waals surface area contributed by atoms with Crippen LogP contribution in [0.5, 0.6) is 0 Å². The standard InChI is InChI=1S/C6H6N.Os/c1-2-4-6-7-5-3-1;/h1-5,7H;/q-1;+1. The van der Waals surface area contributed by atoms with Crippen LogP contribution in [0.25, 0.3) is 0 Å². The molecule has 0 atom stereocenters. The third-order valence-corrected chi connectivity index (χ3v) is 0.665. The van der Waals surface area contributed by atoms with Crippen molar-refractivity contribution in [2.24, 2.45) is 0 Å². The van der Waals surface area contributed by atoms with Gasteiger partial charge in [-0.2, -0.15) is 12.2 Å². The summed E-state index contributed by atoms with van der Waals surface area (Å²) in [5, 5.41) is 2.80. The molecule has 0 aliphatic carbocycles. The monoisotopic (exact) mass is 284 g/mol. The summed E-state index contributed by atoms with van der Waals surface area (Å²) in [6.45, 7) is 0. The minimum absolute atomic E-state index is 0. The summed E-state index contributed by atoms with van der Waals surface area (Å²) in [6.07, 6.45) is 12.2. The molecule has 0 aromatic carbocycles. The van der Waals surface area contributed by atoms with Gasteiger partial charge in [0, 0.05) is 0 Å². The Kier molecular flexibility index (Phi) is 4.60. The van der Waals surface area contributed by atoms with Gasteiger partial charge in [0.25, 0.3) is 0 Å². The van der Waals surface area contributed by atoms with Crippen molar-refractivity contribution < 1.29 is 19.8 Å². The number of rotatable bonds is 0. The quantitative estimate of drug-likeness (QED) is 0.653. The van der Waals surface area contributed by atoms with Gasteiger partial charge >= 0.3 is 19.8 Å². The minimum Gasteiger partial charge on any atom is -0.474 e. The molecule has 1 aliphatic heterocycles. The van der Waals surface area contributed by atoms with Crippen molar-refractivity contribution in [3.8, 4) is 0 Å². The second-order valence-corrected chi connectivity index (χ2v) is 1.20. The van der Waals surface area contributed by atoms with Crippen LogP contribution in [0, 0.1) is 6.20 Å². The zero-order valence-electron chi connectivity index (χ0n) is 4.24. The number of hydrogen-bond donors (Lipinski definition) is 1. The van der Waals surface area contributed by atoms with Crippen molar-refractivity contribution in [3.05, 3.63) is 36.7 Å². The molecule has 1 aliphatic rings. The van der Waals surface area contributed by atoms with Crippen LogP contribution >= 0.6 is 0 Å². The normalized spacial score (nSPS) is 14.0. The van der Waals surface area contributed by atoms with Crippen molar-refractivity contribution in [2.75, 3.05) is 0 Å². The molecule has 0 spiro atoms. The van der Waals surface area contributed by atoms with E-state index in [0.29, 0.717) is 0 Å². The molecule has 0 unspecified atom stereocenters. The van der Waals surface area contributed by atoms with Crippen LogP contribution in [0.4, 0.5) is 0 Å². The first kappa shape index (κ1) is 7.66. The zero-order valence-corrected chi connectivity index (χ0v) is 6.78. The maximum atomic E-state index is 2.80. The molecule has 0 amide bonds. The van der Waals surface area contributed by atoms with E-state index in [1.54, 1.807) is 0 Å². The zero-order chi connectivity index (χ0) is 4.95. The topological polar surface area (TPSA) is 12.0 Å². The van der Waals surface area contributed by atoms with Crippen LogP contribution in [0.15, 0.2) is 30.5 Å². The summed E-state index contributed by atoms with van der Waals surface area (Å²) < 4.78 is 0. The first-order valence-corrected chi connectivity index (χ1v) is 2.16. The van der Waals surface area contributed by atoms with E-state index < -0.39 is 0 Å². The van der Waals surface area contributed by atoms with Crippen LogP contribution < -0.4 is 5.32 Å². The number of hydrogen-bond acceptors (Lipinski definition) is 1. The first-order chi connectivity index (χ1) is 3.50. The maximum Gasteiger partial charge on any atom is 1.00 e. The Hall–Kier alpha value is -0.344. The van der Waals surface area contributed by atoms with E-state index in [1.807, 2.05) is 30.5 Å². The van der Waals surface area contributed by atoms with Crippen molar-refractivity contribution in [3.63, 3.8) is 0 Å². The molecule has 8 heavy (non-hydrogen) atoms. The molecule has 0 aromatic rings. The summed E-state index contributed by atoms with van der Waals surface area (Å²) in [6, 6.07) is 0. The predicted octanol–water partition coefficient (Wildman–Crippen LogP) is 0.974.